The van der Waals surface area contributed by atoms with Crippen LogP contribution < -0.4 is 0 Å². The summed E-state index contributed by atoms with van der Waals surface area (Å²) in [6, 6.07) is 3.91. The van der Waals surface area contributed by atoms with Crippen molar-refractivity contribution in [3.8, 4) is 0 Å². The van der Waals surface area contributed by atoms with E-state index in [0.717, 1.165) is 12.1 Å². The van der Waals surface area contributed by atoms with E-state index in [9.17, 15) is 21.6 Å². The van der Waals surface area contributed by atoms with Crippen molar-refractivity contribution in [3.63, 3.8) is 0 Å². The van der Waals surface area contributed by atoms with E-state index in [0.29, 0.717) is 19.3 Å². The Morgan fingerprint density at radius 1 is 1.20 bits per heavy atom. The normalized spacial score (nSPS) is 19.8. The first kappa shape index (κ1) is 15.3. The lowest BCUT2D eigenvalue weighted by atomic mass is 10.0. The molecule has 1 aliphatic rings. The van der Waals surface area contributed by atoms with Crippen molar-refractivity contribution in [1.82, 2.24) is 0 Å². The van der Waals surface area contributed by atoms with Crippen LogP contribution in [0.5, 0.6) is 0 Å². The maximum Gasteiger partial charge on any atom is 0.416 e. The van der Waals surface area contributed by atoms with Gasteiger partial charge < -0.3 is 4.74 Å². The molecular weight excluding hydrogens is 293 g/mol. The molecule has 0 saturated carbocycles. The highest BCUT2D eigenvalue weighted by atomic mass is 32.2. The van der Waals surface area contributed by atoms with Gasteiger partial charge >= 0.3 is 6.18 Å². The molecule has 1 aromatic carbocycles. The minimum absolute atomic E-state index is 0.281. The number of hydrogen-bond donors (Lipinski definition) is 0. The van der Waals surface area contributed by atoms with Crippen molar-refractivity contribution in [2.45, 2.75) is 35.6 Å². The third-order valence-electron chi connectivity index (χ3n) is 3.67. The molecule has 0 atom stereocenters. The summed E-state index contributed by atoms with van der Waals surface area (Å²) >= 11 is 0. The van der Waals surface area contributed by atoms with Crippen LogP contribution >= 0.6 is 0 Å². The average molecular weight is 308 g/mol. The lowest BCUT2D eigenvalue weighted by Gasteiger charge is -2.33. The number of halogens is 3. The topological polar surface area (TPSA) is 43.4 Å². The Morgan fingerprint density at radius 3 is 2.35 bits per heavy atom. The summed E-state index contributed by atoms with van der Waals surface area (Å²) in [7, 11) is -3.82. The van der Waals surface area contributed by atoms with E-state index >= 15 is 0 Å². The number of ether oxygens (including phenoxy) is 1. The quantitative estimate of drug-likeness (QED) is 0.843. The Balaban J connectivity index is 2.44. The number of alkyl halides is 3. The van der Waals surface area contributed by atoms with E-state index in [2.05, 4.69) is 0 Å². The van der Waals surface area contributed by atoms with Gasteiger partial charge in [-0.1, -0.05) is 6.07 Å². The van der Waals surface area contributed by atoms with E-state index in [1.54, 1.807) is 6.92 Å². The van der Waals surface area contributed by atoms with Crippen molar-refractivity contribution in [1.29, 1.82) is 0 Å². The first-order valence-electron chi connectivity index (χ1n) is 6.16. The molecule has 0 unspecified atom stereocenters. The van der Waals surface area contributed by atoms with Gasteiger partial charge in [0.1, 0.15) is 0 Å². The van der Waals surface area contributed by atoms with Crippen molar-refractivity contribution < 1.29 is 26.3 Å². The first-order chi connectivity index (χ1) is 9.17. The van der Waals surface area contributed by atoms with Gasteiger partial charge in [0.15, 0.2) is 9.84 Å². The SMILES string of the molecule is CC1(S(=O)(=O)c2cccc(C(F)(F)F)c2)CCOCC1. The lowest BCUT2D eigenvalue weighted by molar-refractivity contribution is -0.137. The molecule has 112 valence electrons. The molecule has 1 aliphatic heterocycles. The lowest BCUT2D eigenvalue weighted by Crippen LogP contribution is -2.41. The minimum Gasteiger partial charge on any atom is -0.381 e. The summed E-state index contributed by atoms with van der Waals surface area (Å²) < 4.78 is 67.2. The molecule has 3 nitrogen and oxygen atoms in total. The maximum atomic E-state index is 12.7. The standard InChI is InChI=1S/C13H15F3O3S/c1-12(5-7-19-8-6-12)20(17,18)11-4-2-3-10(9-11)13(14,15)16/h2-4,9H,5-8H2,1H3. The summed E-state index contributed by atoms with van der Waals surface area (Å²) in [5.74, 6) is 0. The Bertz CT molecular complexity index is 587. The molecule has 0 radical (unpaired) electrons. The average Bonchev–Trinajstić information content (AvgIpc) is 2.38. The van der Waals surface area contributed by atoms with Crippen LogP contribution in [0.3, 0.4) is 0 Å². The van der Waals surface area contributed by atoms with Gasteiger partial charge in [-0.2, -0.15) is 13.2 Å². The fourth-order valence-corrected chi connectivity index (χ4v) is 4.01. The molecule has 0 bridgehead atoms. The van der Waals surface area contributed by atoms with Crippen LogP contribution in [0.15, 0.2) is 29.2 Å². The highest BCUT2D eigenvalue weighted by Gasteiger charge is 2.42. The van der Waals surface area contributed by atoms with Crippen LogP contribution in [0.1, 0.15) is 25.3 Å². The van der Waals surface area contributed by atoms with Crippen LogP contribution in [-0.4, -0.2) is 26.4 Å². The highest BCUT2D eigenvalue weighted by Crippen LogP contribution is 2.36. The van der Waals surface area contributed by atoms with E-state index in [1.165, 1.54) is 6.07 Å². The largest absolute Gasteiger partial charge is 0.416 e. The van der Waals surface area contributed by atoms with Gasteiger partial charge in [-0.15, -0.1) is 0 Å². The Hall–Kier alpha value is -1.08. The molecule has 0 N–H and O–H groups in total. The second-order valence-corrected chi connectivity index (χ2v) is 7.56. The molecule has 1 aromatic rings. The third-order valence-corrected chi connectivity index (χ3v) is 6.25. The zero-order valence-electron chi connectivity index (χ0n) is 10.9. The summed E-state index contributed by atoms with van der Waals surface area (Å²) in [6.45, 7) is 2.16. The van der Waals surface area contributed by atoms with Crippen molar-refractivity contribution in [3.05, 3.63) is 29.8 Å². The second kappa shape index (κ2) is 5.04. The van der Waals surface area contributed by atoms with E-state index in [4.69, 9.17) is 4.74 Å². The van der Waals surface area contributed by atoms with Gasteiger partial charge in [0.05, 0.1) is 15.2 Å². The smallest absolute Gasteiger partial charge is 0.381 e. The Kier molecular flexibility index (Phi) is 3.85. The molecule has 0 amide bonds. The van der Waals surface area contributed by atoms with Crippen LogP contribution in [0, 0.1) is 0 Å². The van der Waals surface area contributed by atoms with Gasteiger partial charge in [-0.25, -0.2) is 8.42 Å². The molecule has 1 saturated heterocycles. The summed E-state index contributed by atoms with van der Waals surface area (Å²) in [5.41, 5.74) is -0.950. The molecule has 1 fully saturated rings. The molecule has 0 aliphatic carbocycles. The second-order valence-electron chi connectivity index (χ2n) is 5.09. The van der Waals surface area contributed by atoms with Crippen molar-refractivity contribution in [2.24, 2.45) is 0 Å². The van der Waals surface area contributed by atoms with Gasteiger partial charge in [-0.05, 0) is 38.0 Å². The van der Waals surface area contributed by atoms with Gasteiger partial charge in [0.25, 0.3) is 0 Å². The molecule has 0 aromatic heterocycles. The number of benzene rings is 1. The summed E-state index contributed by atoms with van der Waals surface area (Å²) in [4.78, 5) is -0.281. The van der Waals surface area contributed by atoms with Crippen LogP contribution in [0.4, 0.5) is 13.2 Å². The van der Waals surface area contributed by atoms with Crippen LogP contribution in [0.2, 0.25) is 0 Å². The number of sulfone groups is 1. The number of hydrogen-bond acceptors (Lipinski definition) is 3. The predicted molar refractivity (Wildman–Crippen MR) is 67.1 cm³/mol. The maximum absolute atomic E-state index is 12.7. The van der Waals surface area contributed by atoms with Gasteiger partial charge in [0, 0.05) is 13.2 Å². The molecule has 0 spiro atoms. The predicted octanol–water partition coefficient (Wildman–Crippen LogP) is 3.05. The zero-order valence-corrected chi connectivity index (χ0v) is 11.7. The Labute approximate surface area is 115 Å². The number of rotatable bonds is 2. The monoisotopic (exact) mass is 308 g/mol. The first-order valence-corrected chi connectivity index (χ1v) is 7.65. The van der Waals surface area contributed by atoms with E-state index in [1.807, 2.05) is 0 Å². The van der Waals surface area contributed by atoms with Gasteiger partial charge in [0.2, 0.25) is 0 Å². The van der Waals surface area contributed by atoms with Crippen molar-refractivity contribution >= 4 is 9.84 Å². The summed E-state index contributed by atoms with van der Waals surface area (Å²) in [5, 5.41) is 0. The molecule has 20 heavy (non-hydrogen) atoms. The zero-order chi connectivity index (χ0) is 15.0. The minimum atomic E-state index is -4.55. The molecule has 7 heteroatoms. The van der Waals surface area contributed by atoms with Crippen LogP contribution in [0.25, 0.3) is 0 Å². The fourth-order valence-electron chi connectivity index (χ4n) is 2.20. The van der Waals surface area contributed by atoms with Crippen molar-refractivity contribution in [2.75, 3.05) is 13.2 Å². The van der Waals surface area contributed by atoms with Gasteiger partial charge in [-0.3, -0.25) is 0 Å². The fraction of sp³-hybridized carbons (Fsp3) is 0.538. The highest BCUT2D eigenvalue weighted by molar-refractivity contribution is 7.92. The van der Waals surface area contributed by atoms with E-state index in [-0.39, 0.29) is 17.7 Å². The van der Waals surface area contributed by atoms with Crippen LogP contribution in [-0.2, 0) is 20.8 Å². The molecule has 2 rings (SSSR count). The molecular formula is C13H15F3O3S. The third kappa shape index (κ3) is 2.69. The van der Waals surface area contributed by atoms with E-state index < -0.39 is 26.3 Å². The Morgan fingerprint density at radius 2 is 1.80 bits per heavy atom. The molecule has 1 heterocycles. The summed E-state index contributed by atoms with van der Waals surface area (Å²) in [6.07, 6.45) is -3.99.